The first-order valence-corrected chi connectivity index (χ1v) is 7.52. The number of hydrogen-bond donors (Lipinski definition) is 2. The molecular weight excluding hydrogens is 347 g/mol. The highest BCUT2D eigenvalue weighted by molar-refractivity contribution is 9.12. The summed E-state index contributed by atoms with van der Waals surface area (Å²) >= 11 is 15.3. The Labute approximate surface area is 119 Å². The smallest absolute Gasteiger partial charge is 0.341 e. The third-order valence-electron chi connectivity index (χ3n) is 2.20. The van der Waals surface area contributed by atoms with E-state index in [0.717, 1.165) is 9.38 Å². The van der Waals surface area contributed by atoms with Crippen molar-refractivity contribution in [1.29, 1.82) is 0 Å². The number of carboxylic acids is 1. The Balaban J connectivity index is 2.51. The molecule has 6 heteroatoms. The molecule has 0 aliphatic carbocycles. The van der Waals surface area contributed by atoms with Gasteiger partial charge in [-0.05, 0) is 23.6 Å². The molecule has 17 heavy (non-hydrogen) atoms. The van der Waals surface area contributed by atoms with Gasteiger partial charge in [-0.2, -0.15) is 10.9 Å². The molecule has 0 bridgehead atoms. The fraction of sp³-hybridized carbons (Fsp3) is 0. The topological polar surface area (TPSA) is 37.3 Å². The fourth-order valence-electron chi connectivity index (χ4n) is 1.47. The van der Waals surface area contributed by atoms with Gasteiger partial charge in [-0.15, -0.1) is 0 Å². The van der Waals surface area contributed by atoms with Gasteiger partial charge in [0.2, 0.25) is 0 Å². The van der Waals surface area contributed by atoms with Crippen LogP contribution in [0.5, 0.6) is 0 Å². The maximum absolute atomic E-state index is 11.1. The van der Waals surface area contributed by atoms with Gasteiger partial charge in [-0.1, -0.05) is 45.2 Å². The molecule has 0 saturated heterocycles. The number of allylic oxidation sites excluding steroid dienone is 2. The number of aliphatic carboxylic acids is 1. The molecular formula is C11H7BrCl2O2S. The minimum absolute atomic E-state index is 0.344. The summed E-state index contributed by atoms with van der Waals surface area (Å²) in [6.45, 7) is 0. The number of carboxylic acid groups (broad SMARTS) is 1. The molecule has 1 aliphatic heterocycles. The lowest BCUT2D eigenvalue weighted by molar-refractivity contribution is -0.131. The molecule has 1 aliphatic rings. The molecule has 0 amide bonds. The van der Waals surface area contributed by atoms with Crippen LogP contribution in [0, 0.1) is 0 Å². The van der Waals surface area contributed by atoms with Crippen molar-refractivity contribution in [3.05, 3.63) is 49.1 Å². The summed E-state index contributed by atoms with van der Waals surface area (Å²) in [5.41, 5.74) is 0. The predicted octanol–water partition coefficient (Wildman–Crippen LogP) is 4.57. The highest BCUT2D eigenvalue weighted by Crippen LogP contribution is 2.54. The molecule has 2 nitrogen and oxygen atoms in total. The summed E-state index contributed by atoms with van der Waals surface area (Å²) in [4.78, 5) is 12.2. The summed E-state index contributed by atoms with van der Waals surface area (Å²) < 4.78 is 0.761. The lowest BCUT2D eigenvalue weighted by Gasteiger charge is -2.17. The van der Waals surface area contributed by atoms with Crippen LogP contribution in [-0.2, 0) is 4.79 Å². The zero-order chi connectivity index (χ0) is 12.6. The Morgan fingerprint density at radius 2 is 2.06 bits per heavy atom. The molecule has 1 N–H and O–H groups in total. The van der Waals surface area contributed by atoms with Crippen molar-refractivity contribution in [3.63, 3.8) is 0 Å². The molecule has 1 aromatic rings. The van der Waals surface area contributed by atoms with Gasteiger partial charge in [0.25, 0.3) is 0 Å². The van der Waals surface area contributed by atoms with Crippen LogP contribution in [0.4, 0.5) is 0 Å². The van der Waals surface area contributed by atoms with E-state index in [1.54, 1.807) is 24.3 Å². The van der Waals surface area contributed by atoms with Gasteiger partial charge in [0.05, 0.1) is 15.0 Å². The van der Waals surface area contributed by atoms with Gasteiger partial charge >= 0.3 is 5.97 Å². The Hall–Kier alpha value is -0.420. The van der Waals surface area contributed by atoms with Crippen molar-refractivity contribution in [2.45, 2.75) is 4.90 Å². The second kappa shape index (κ2) is 5.06. The van der Waals surface area contributed by atoms with Gasteiger partial charge in [0.15, 0.2) is 0 Å². The molecule has 0 aromatic heterocycles. The van der Waals surface area contributed by atoms with E-state index in [-0.39, 0.29) is 0 Å². The minimum atomic E-state index is -1.08. The number of carbonyl (C=O) groups is 1. The summed E-state index contributed by atoms with van der Waals surface area (Å²) in [5, 5.41) is 11.9. The van der Waals surface area contributed by atoms with E-state index in [9.17, 15) is 4.79 Å². The highest BCUT2D eigenvalue weighted by atomic mass is 79.9. The monoisotopic (exact) mass is 352 g/mol. The van der Waals surface area contributed by atoms with E-state index in [4.69, 9.17) is 28.3 Å². The van der Waals surface area contributed by atoms with E-state index >= 15 is 0 Å². The Bertz CT molecular complexity index is 554. The van der Waals surface area contributed by atoms with Crippen LogP contribution in [0.15, 0.2) is 44.0 Å². The maximum Gasteiger partial charge on any atom is 0.341 e. The fourth-order valence-corrected chi connectivity index (χ4v) is 5.05. The Morgan fingerprint density at radius 3 is 2.71 bits per heavy atom. The zero-order valence-corrected chi connectivity index (χ0v) is 12.3. The number of hydrogen-bond acceptors (Lipinski definition) is 1. The Kier molecular flexibility index (Phi) is 3.88. The van der Waals surface area contributed by atoms with Crippen molar-refractivity contribution in [3.8, 4) is 0 Å². The average Bonchev–Trinajstić information content (AvgIpc) is 2.64. The van der Waals surface area contributed by atoms with E-state index in [2.05, 4.69) is 15.9 Å². The van der Waals surface area contributed by atoms with Crippen molar-refractivity contribution in [1.82, 2.24) is 0 Å². The molecule has 90 valence electrons. The van der Waals surface area contributed by atoms with Gasteiger partial charge in [-0.3, -0.25) is 0 Å². The van der Waals surface area contributed by atoms with E-state index in [0.29, 0.717) is 15.0 Å². The molecule has 0 fully saturated rings. The van der Waals surface area contributed by atoms with Crippen molar-refractivity contribution < 1.29 is 9.90 Å². The first-order valence-electron chi connectivity index (χ1n) is 4.56. The molecule has 0 saturated carbocycles. The number of benzene rings is 1. The van der Waals surface area contributed by atoms with Gasteiger partial charge in [-0.25, -0.2) is 4.79 Å². The van der Waals surface area contributed by atoms with Crippen molar-refractivity contribution in [2.24, 2.45) is 0 Å². The first kappa shape index (κ1) is 13.0. The summed E-state index contributed by atoms with van der Waals surface area (Å²) in [7, 11) is -1.08. The summed E-state index contributed by atoms with van der Waals surface area (Å²) in [6.07, 6.45) is 1.60. The number of rotatable bonds is 2. The van der Waals surface area contributed by atoms with Crippen molar-refractivity contribution in [2.75, 3.05) is 0 Å². The zero-order valence-electron chi connectivity index (χ0n) is 8.32. The molecule has 0 radical (unpaired) electrons. The van der Waals surface area contributed by atoms with Gasteiger partial charge in [0, 0.05) is 9.38 Å². The summed E-state index contributed by atoms with van der Waals surface area (Å²) in [5.74, 6) is -0.933. The molecule has 1 atom stereocenters. The van der Waals surface area contributed by atoms with Gasteiger partial charge in [0.1, 0.15) is 0 Å². The normalized spacial score (nSPS) is 21.0. The molecule has 1 unspecified atom stereocenters. The van der Waals surface area contributed by atoms with Crippen LogP contribution in [0.25, 0.3) is 0 Å². The minimum Gasteiger partial charge on any atom is -0.477 e. The first-order chi connectivity index (χ1) is 8.00. The molecule has 1 aromatic carbocycles. The number of halogens is 3. The van der Waals surface area contributed by atoms with Crippen LogP contribution in [0.2, 0.25) is 10.0 Å². The van der Waals surface area contributed by atoms with Crippen LogP contribution in [0.3, 0.4) is 0 Å². The largest absolute Gasteiger partial charge is 0.477 e. The quantitative estimate of drug-likeness (QED) is 0.764. The highest BCUT2D eigenvalue weighted by Gasteiger charge is 2.24. The third kappa shape index (κ3) is 2.55. The Morgan fingerprint density at radius 1 is 1.35 bits per heavy atom. The van der Waals surface area contributed by atoms with Crippen LogP contribution in [-0.4, -0.2) is 11.1 Å². The van der Waals surface area contributed by atoms with E-state index in [1.807, 2.05) is 5.41 Å². The maximum atomic E-state index is 11.1. The second-order valence-electron chi connectivity index (χ2n) is 3.29. The number of thiol groups is 1. The van der Waals surface area contributed by atoms with Crippen LogP contribution >= 0.6 is 50.0 Å². The molecule has 1 heterocycles. The van der Waals surface area contributed by atoms with E-state index in [1.165, 1.54) is 0 Å². The van der Waals surface area contributed by atoms with Crippen molar-refractivity contribution >= 4 is 56.0 Å². The van der Waals surface area contributed by atoms with Crippen LogP contribution in [0.1, 0.15) is 0 Å². The second-order valence-corrected chi connectivity index (χ2v) is 6.95. The van der Waals surface area contributed by atoms with E-state index < -0.39 is 16.9 Å². The molecule has 2 rings (SSSR count). The van der Waals surface area contributed by atoms with Gasteiger partial charge < -0.3 is 5.11 Å². The standard InChI is InChI=1S/C11H7BrCl2O2S/c12-6-4-9(11(15)16)17(5-6)8-3-1-2-7(13)10(8)14/h1-5,17H,(H,15,16). The lowest BCUT2D eigenvalue weighted by Crippen LogP contribution is -1.99. The third-order valence-corrected chi connectivity index (χ3v) is 6.23. The van der Waals surface area contributed by atoms with Crippen LogP contribution < -0.4 is 0 Å². The lowest BCUT2D eigenvalue weighted by atomic mass is 10.4. The summed E-state index contributed by atoms with van der Waals surface area (Å²) in [6, 6.07) is 5.26. The molecule has 0 spiro atoms. The predicted molar refractivity (Wildman–Crippen MR) is 76.4 cm³/mol. The SMILES string of the molecule is O=C(O)C1=CC(Br)=C[SH]1c1cccc(Cl)c1Cl. The average molecular weight is 354 g/mol.